The van der Waals surface area contributed by atoms with Gasteiger partial charge < -0.3 is 0 Å². The van der Waals surface area contributed by atoms with E-state index in [0.29, 0.717) is 4.91 Å². The lowest BCUT2D eigenvalue weighted by molar-refractivity contribution is 0.608. The average molecular weight is 184 g/mol. The summed E-state index contributed by atoms with van der Waals surface area (Å²) in [6.45, 7) is 1.98. The molecule has 3 heteroatoms. The quantitative estimate of drug-likeness (QED) is 0.623. The summed E-state index contributed by atoms with van der Waals surface area (Å²) in [7, 11) is -3.04. The SMILES string of the molecule is CC1=CC=C(S(C)(=O)=O)C=CC1. The summed E-state index contributed by atoms with van der Waals surface area (Å²) in [5.41, 5.74) is 1.17. The number of hydrogen-bond acceptors (Lipinski definition) is 2. The van der Waals surface area contributed by atoms with Gasteiger partial charge in [0.25, 0.3) is 0 Å². The summed E-state index contributed by atoms with van der Waals surface area (Å²) >= 11 is 0. The molecule has 0 aromatic carbocycles. The Hall–Kier alpha value is -0.830. The van der Waals surface area contributed by atoms with Crippen molar-refractivity contribution in [2.24, 2.45) is 0 Å². The van der Waals surface area contributed by atoms with E-state index in [1.54, 1.807) is 12.2 Å². The van der Waals surface area contributed by atoms with Crippen LogP contribution in [0.1, 0.15) is 13.3 Å². The molecule has 12 heavy (non-hydrogen) atoms. The molecule has 0 fully saturated rings. The van der Waals surface area contributed by atoms with Crippen molar-refractivity contribution < 1.29 is 8.42 Å². The van der Waals surface area contributed by atoms with Crippen LogP contribution >= 0.6 is 0 Å². The fraction of sp³-hybridized carbons (Fsp3) is 0.333. The van der Waals surface area contributed by atoms with E-state index in [4.69, 9.17) is 0 Å². The molecular formula is C9H12O2S. The smallest absolute Gasteiger partial charge is 0.175 e. The Morgan fingerprint density at radius 1 is 1.33 bits per heavy atom. The molecule has 0 bridgehead atoms. The van der Waals surface area contributed by atoms with E-state index in [0.717, 1.165) is 6.42 Å². The molecule has 0 amide bonds. The highest BCUT2D eigenvalue weighted by atomic mass is 32.2. The molecular weight excluding hydrogens is 172 g/mol. The lowest BCUT2D eigenvalue weighted by Gasteiger charge is -1.94. The summed E-state index contributed by atoms with van der Waals surface area (Å²) in [6.07, 6.45) is 9.06. The maximum atomic E-state index is 11.1. The Bertz CT molecular complexity index is 356. The summed E-state index contributed by atoms with van der Waals surface area (Å²) in [4.78, 5) is 0.388. The van der Waals surface area contributed by atoms with Gasteiger partial charge in [-0.1, -0.05) is 17.7 Å². The van der Waals surface area contributed by atoms with Crippen LogP contribution in [0.3, 0.4) is 0 Å². The zero-order valence-electron chi connectivity index (χ0n) is 7.24. The number of sulfone groups is 1. The van der Waals surface area contributed by atoms with Crippen LogP contribution in [0.25, 0.3) is 0 Å². The molecule has 0 aromatic rings. The first-order chi connectivity index (χ1) is 5.50. The Balaban J connectivity index is 3.09. The van der Waals surface area contributed by atoms with E-state index in [9.17, 15) is 8.42 Å². The molecule has 0 saturated carbocycles. The van der Waals surface area contributed by atoms with Crippen LogP contribution in [0.4, 0.5) is 0 Å². The van der Waals surface area contributed by atoms with Gasteiger partial charge in [0.1, 0.15) is 0 Å². The van der Waals surface area contributed by atoms with Crippen molar-refractivity contribution in [3.05, 3.63) is 34.8 Å². The lowest BCUT2D eigenvalue weighted by Crippen LogP contribution is -1.97. The summed E-state index contributed by atoms with van der Waals surface area (Å²) < 4.78 is 22.2. The maximum absolute atomic E-state index is 11.1. The second kappa shape index (κ2) is 3.27. The minimum absolute atomic E-state index is 0.388. The maximum Gasteiger partial charge on any atom is 0.175 e. The minimum Gasteiger partial charge on any atom is -0.224 e. The third-order valence-corrected chi connectivity index (χ3v) is 2.81. The topological polar surface area (TPSA) is 34.1 Å². The van der Waals surface area contributed by atoms with E-state index in [1.165, 1.54) is 11.8 Å². The van der Waals surface area contributed by atoms with Crippen LogP contribution in [-0.4, -0.2) is 14.7 Å². The van der Waals surface area contributed by atoms with Gasteiger partial charge in [0.15, 0.2) is 9.84 Å². The van der Waals surface area contributed by atoms with Crippen LogP contribution in [0.5, 0.6) is 0 Å². The molecule has 2 nitrogen and oxygen atoms in total. The van der Waals surface area contributed by atoms with Crippen LogP contribution < -0.4 is 0 Å². The monoisotopic (exact) mass is 184 g/mol. The summed E-state index contributed by atoms with van der Waals surface area (Å²) in [5, 5.41) is 0. The molecule has 0 unspecified atom stereocenters. The van der Waals surface area contributed by atoms with Gasteiger partial charge in [-0.15, -0.1) is 0 Å². The Morgan fingerprint density at radius 2 is 2.00 bits per heavy atom. The van der Waals surface area contributed by atoms with E-state index >= 15 is 0 Å². The highest BCUT2D eigenvalue weighted by Crippen LogP contribution is 2.14. The van der Waals surface area contributed by atoms with E-state index in [2.05, 4.69) is 0 Å². The first-order valence-corrected chi connectivity index (χ1v) is 5.63. The number of allylic oxidation sites excluding steroid dienone is 5. The van der Waals surface area contributed by atoms with E-state index in [-0.39, 0.29) is 0 Å². The minimum atomic E-state index is -3.04. The third kappa shape index (κ3) is 2.34. The van der Waals surface area contributed by atoms with Crippen LogP contribution in [-0.2, 0) is 9.84 Å². The molecule has 0 N–H and O–H groups in total. The van der Waals surface area contributed by atoms with Gasteiger partial charge in [-0.25, -0.2) is 8.42 Å². The van der Waals surface area contributed by atoms with Crippen LogP contribution in [0, 0.1) is 0 Å². The Morgan fingerprint density at radius 3 is 2.58 bits per heavy atom. The number of hydrogen-bond donors (Lipinski definition) is 0. The van der Waals surface area contributed by atoms with E-state index < -0.39 is 9.84 Å². The molecule has 0 aliphatic heterocycles. The van der Waals surface area contributed by atoms with Gasteiger partial charge in [-0.2, -0.15) is 0 Å². The normalized spacial score (nSPS) is 18.2. The second-order valence-corrected chi connectivity index (χ2v) is 4.98. The van der Waals surface area contributed by atoms with Crippen molar-refractivity contribution in [2.45, 2.75) is 13.3 Å². The van der Waals surface area contributed by atoms with Gasteiger partial charge in [0.05, 0.1) is 4.91 Å². The predicted octanol–water partition coefficient (Wildman–Crippen LogP) is 1.82. The fourth-order valence-corrected chi connectivity index (χ4v) is 1.61. The van der Waals surface area contributed by atoms with Crippen molar-refractivity contribution in [1.29, 1.82) is 0 Å². The van der Waals surface area contributed by atoms with Gasteiger partial charge in [-0.05, 0) is 25.5 Å². The van der Waals surface area contributed by atoms with Gasteiger partial charge in [0.2, 0.25) is 0 Å². The van der Waals surface area contributed by atoms with Crippen molar-refractivity contribution in [2.75, 3.05) is 6.26 Å². The van der Waals surface area contributed by atoms with Crippen molar-refractivity contribution in [3.8, 4) is 0 Å². The average Bonchev–Trinajstić information content (AvgIpc) is 2.11. The Kier molecular flexibility index (Phi) is 2.52. The third-order valence-electron chi connectivity index (χ3n) is 1.68. The molecule has 1 rings (SSSR count). The molecule has 0 saturated heterocycles. The highest BCUT2D eigenvalue weighted by Gasteiger charge is 2.07. The molecule has 0 spiro atoms. The van der Waals surface area contributed by atoms with Crippen LogP contribution in [0.2, 0.25) is 0 Å². The molecule has 0 aromatic heterocycles. The van der Waals surface area contributed by atoms with Gasteiger partial charge in [-0.3, -0.25) is 0 Å². The molecule has 66 valence electrons. The Labute approximate surface area is 73.2 Å². The summed E-state index contributed by atoms with van der Waals surface area (Å²) in [5.74, 6) is 0. The molecule has 1 aliphatic carbocycles. The molecule has 0 atom stereocenters. The molecule has 1 aliphatic rings. The predicted molar refractivity (Wildman–Crippen MR) is 50.4 cm³/mol. The van der Waals surface area contributed by atoms with E-state index in [1.807, 2.05) is 19.1 Å². The first kappa shape index (κ1) is 9.26. The first-order valence-electron chi connectivity index (χ1n) is 3.74. The van der Waals surface area contributed by atoms with Crippen molar-refractivity contribution >= 4 is 9.84 Å². The van der Waals surface area contributed by atoms with Crippen molar-refractivity contribution in [3.63, 3.8) is 0 Å². The number of rotatable bonds is 1. The van der Waals surface area contributed by atoms with Crippen molar-refractivity contribution in [1.82, 2.24) is 0 Å². The fourth-order valence-electron chi connectivity index (χ4n) is 0.956. The molecule has 0 radical (unpaired) electrons. The van der Waals surface area contributed by atoms with Crippen LogP contribution in [0.15, 0.2) is 34.8 Å². The zero-order chi connectivity index (χ0) is 9.19. The lowest BCUT2D eigenvalue weighted by atomic mass is 10.2. The van der Waals surface area contributed by atoms with Gasteiger partial charge in [0, 0.05) is 6.26 Å². The molecule has 0 heterocycles. The summed E-state index contributed by atoms with van der Waals surface area (Å²) in [6, 6.07) is 0. The highest BCUT2D eigenvalue weighted by molar-refractivity contribution is 7.94. The van der Waals surface area contributed by atoms with Gasteiger partial charge >= 0.3 is 0 Å². The zero-order valence-corrected chi connectivity index (χ0v) is 8.06. The largest absolute Gasteiger partial charge is 0.224 e. The second-order valence-electron chi connectivity index (χ2n) is 2.96. The standard InChI is InChI=1S/C9H12O2S/c1-8-4-3-5-9(7-6-8)12(2,10)11/h3,5-7H,4H2,1-2H3.